The molecular formula is C47H52O10. The lowest BCUT2D eigenvalue weighted by molar-refractivity contribution is -0.0142. The predicted octanol–water partition coefficient (Wildman–Crippen LogP) is 6.93. The second kappa shape index (κ2) is 20.4. The molecule has 10 nitrogen and oxygen atoms in total. The van der Waals surface area contributed by atoms with Gasteiger partial charge in [0.15, 0.2) is 0 Å². The highest BCUT2D eigenvalue weighted by Crippen LogP contribution is 2.38. The molecule has 0 saturated heterocycles. The van der Waals surface area contributed by atoms with Gasteiger partial charge in [-0.3, -0.25) is 0 Å². The van der Waals surface area contributed by atoms with Crippen LogP contribution in [0.3, 0.4) is 0 Å². The van der Waals surface area contributed by atoms with Gasteiger partial charge in [-0.2, -0.15) is 0 Å². The molecular weight excluding hydrogens is 725 g/mol. The van der Waals surface area contributed by atoms with Crippen LogP contribution in [0, 0.1) is 0 Å². The number of rotatable bonds is 0. The van der Waals surface area contributed by atoms with Gasteiger partial charge in [0, 0.05) is 32.1 Å². The molecule has 0 aromatic heterocycles. The van der Waals surface area contributed by atoms with Crippen LogP contribution in [0.25, 0.3) is 0 Å². The van der Waals surface area contributed by atoms with Crippen LogP contribution in [0.5, 0.6) is 28.7 Å². The first-order chi connectivity index (χ1) is 28.0. The quantitative estimate of drug-likeness (QED) is 0.150. The van der Waals surface area contributed by atoms with Crippen LogP contribution in [0.1, 0.15) is 55.6 Å². The van der Waals surface area contributed by atoms with E-state index in [0.717, 1.165) is 44.5 Å². The van der Waals surface area contributed by atoms with Crippen LogP contribution < -0.4 is 9.47 Å². The lowest BCUT2D eigenvalue weighted by Crippen LogP contribution is -2.15. The second-order valence-electron chi connectivity index (χ2n) is 14.2. The van der Waals surface area contributed by atoms with E-state index in [1.807, 2.05) is 91.0 Å². The number of hydrogen-bond acceptors (Lipinski definition) is 10. The highest BCUT2D eigenvalue weighted by molar-refractivity contribution is 5.55. The maximum Gasteiger partial charge on any atom is 0.126 e. The number of fused-ring (bicyclic) bond motifs is 4. The number of phenolic OH excluding ortho intramolecular Hbond substituents is 3. The number of hydrogen-bond donors (Lipinski definition) is 3. The number of phenols is 3. The van der Waals surface area contributed by atoms with E-state index in [1.165, 1.54) is 0 Å². The molecule has 0 unspecified atom stereocenters. The van der Waals surface area contributed by atoms with Gasteiger partial charge in [-0.1, -0.05) is 91.0 Å². The number of ether oxygens (including phenoxy) is 7. The summed E-state index contributed by atoms with van der Waals surface area (Å²) in [4.78, 5) is 0. The van der Waals surface area contributed by atoms with Gasteiger partial charge < -0.3 is 48.5 Å². The first-order valence-corrected chi connectivity index (χ1v) is 19.8. The van der Waals surface area contributed by atoms with Crippen molar-refractivity contribution in [2.45, 2.75) is 32.1 Å². The van der Waals surface area contributed by atoms with Gasteiger partial charge in [0.25, 0.3) is 0 Å². The third-order valence-electron chi connectivity index (χ3n) is 10.3. The molecule has 10 heteroatoms. The lowest BCUT2D eigenvalue weighted by Gasteiger charge is -2.20. The maximum atomic E-state index is 11.8. The van der Waals surface area contributed by atoms with E-state index < -0.39 is 0 Å². The molecule has 5 aromatic carbocycles. The second-order valence-corrected chi connectivity index (χ2v) is 14.2. The molecule has 1 heterocycles. The number of benzene rings is 5. The van der Waals surface area contributed by atoms with Crippen molar-refractivity contribution in [3.8, 4) is 28.7 Å². The summed E-state index contributed by atoms with van der Waals surface area (Å²) in [7, 11) is 0. The SMILES string of the molecule is Oc1c2cccc1Cc1cccc3c1OCCOCCOCCOCCOCCOCCOc1c(cccc1Cc1cccc(c1O)C3)Cc1cccc(c1O)C2. The molecule has 1 aliphatic heterocycles. The monoisotopic (exact) mass is 776 g/mol. The summed E-state index contributed by atoms with van der Waals surface area (Å²) < 4.78 is 41.7. The maximum absolute atomic E-state index is 11.8. The molecule has 0 fully saturated rings. The highest BCUT2D eigenvalue weighted by Gasteiger charge is 2.20. The van der Waals surface area contributed by atoms with Crippen LogP contribution in [-0.2, 0) is 55.8 Å². The predicted molar refractivity (Wildman–Crippen MR) is 216 cm³/mol. The summed E-state index contributed by atoms with van der Waals surface area (Å²) in [5.41, 5.74) is 8.01. The van der Waals surface area contributed by atoms with Crippen LogP contribution >= 0.6 is 0 Å². The smallest absolute Gasteiger partial charge is 0.126 e. The Morgan fingerprint density at radius 1 is 0.263 bits per heavy atom. The van der Waals surface area contributed by atoms with Crippen LogP contribution in [-0.4, -0.2) is 94.6 Å². The van der Waals surface area contributed by atoms with Crippen LogP contribution in [0.15, 0.2) is 91.0 Å². The molecule has 5 aromatic rings. The molecule has 0 radical (unpaired) electrons. The number of para-hydroxylation sites is 5. The van der Waals surface area contributed by atoms with Crippen molar-refractivity contribution in [2.75, 3.05) is 79.3 Å². The molecule has 7 rings (SSSR count). The van der Waals surface area contributed by atoms with Crippen molar-refractivity contribution in [2.24, 2.45) is 0 Å². The van der Waals surface area contributed by atoms with Gasteiger partial charge in [-0.25, -0.2) is 0 Å². The molecule has 2 aliphatic rings. The Balaban J connectivity index is 1.29. The summed E-state index contributed by atoms with van der Waals surface area (Å²) in [5.74, 6) is 1.93. The Morgan fingerprint density at radius 2 is 0.456 bits per heavy atom. The molecule has 12 bridgehead atoms. The topological polar surface area (TPSA) is 125 Å². The van der Waals surface area contributed by atoms with E-state index in [4.69, 9.17) is 33.2 Å². The Bertz CT molecular complexity index is 1940. The van der Waals surface area contributed by atoms with Crippen molar-refractivity contribution in [1.82, 2.24) is 0 Å². The zero-order valence-corrected chi connectivity index (χ0v) is 32.4. The molecule has 0 spiro atoms. The first-order valence-electron chi connectivity index (χ1n) is 19.8. The molecule has 0 atom stereocenters. The molecule has 57 heavy (non-hydrogen) atoms. The minimum absolute atomic E-state index is 0.176. The first kappa shape index (κ1) is 40.1. The minimum atomic E-state index is 0.176. The normalized spacial score (nSPS) is 16.8. The molecule has 1 aliphatic carbocycles. The van der Waals surface area contributed by atoms with Crippen molar-refractivity contribution in [1.29, 1.82) is 0 Å². The standard InChI is InChI=1S/C47H52O10/c48-43-33-6-1-8-35(43)29-39-12-4-14-41-31-37-10-3-11-38(45(37)50)32-42-15-5-13-40(30-36-9-2-7-34(28-33)44(36)49)47(42)57-27-25-55-23-21-53-19-17-51-16-18-52-20-22-54-24-26-56-46(39)41/h1-15,48-50H,16-32H2. The van der Waals surface area contributed by atoms with E-state index in [-0.39, 0.29) is 17.2 Å². The van der Waals surface area contributed by atoms with Crippen LogP contribution in [0.4, 0.5) is 0 Å². The van der Waals surface area contributed by atoms with E-state index in [1.54, 1.807) is 0 Å². The fourth-order valence-corrected chi connectivity index (χ4v) is 7.41. The van der Waals surface area contributed by atoms with Crippen molar-refractivity contribution < 1.29 is 48.5 Å². The van der Waals surface area contributed by atoms with Crippen molar-refractivity contribution >= 4 is 0 Å². The summed E-state index contributed by atoms with van der Waals surface area (Å²) in [6.45, 7) is 4.83. The van der Waals surface area contributed by atoms with Gasteiger partial charge in [0.2, 0.25) is 0 Å². The zero-order valence-electron chi connectivity index (χ0n) is 32.4. The van der Waals surface area contributed by atoms with Crippen molar-refractivity contribution in [3.63, 3.8) is 0 Å². The van der Waals surface area contributed by atoms with Gasteiger partial charge in [-0.15, -0.1) is 0 Å². The fraction of sp³-hybridized carbons (Fsp3) is 0.362. The van der Waals surface area contributed by atoms with Crippen molar-refractivity contribution in [3.05, 3.63) is 147 Å². The summed E-state index contributed by atoms with van der Waals surface area (Å²) in [6.07, 6.45) is 2.00. The Hall–Kier alpha value is -5.10. The zero-order chi connectivity index (χ0) is 39.2. The van der Waals surface area contributed by atoms with Gasteiger partial charge >= 0.3 is 0 Å². The summed E-state index contributed by atoms with van der Waals surface area (Å²) >= 11 is 0. The summed E-state index contributed by atoms with van der Waals surface area (Å²) in [6, 6.07) is 29.4. The van der Waals surface area contributed by atoms with Gasteiger partial charge in [0.05, 0.1) is 66.1 Å². The Morgan fingerprint density at radius 3 is 0.702 bits per heavy atom. The number of aromatic hydroxyl groups is 3. The lowest BCUT2D eigenvalue weighted by atomic mass is 9.91. The molecule has 0 saturated carbocycles. The van der Waals surface area contributed by atoms with Gasteiger partial charge in [-0.05, 0) is 55.6 Å². The minimum Gasteiger partial charge on any atom is -0.507 e. The van der Waals surface area contributed by atoms with E-state index in [9.17, 15) is 15.3 Å². The molecule has 300 valence electrons. The average Bonchev–Trinajstić information content (AvgIpc) is 3.21. The molecule has 0 amide bonds. The molecule has 3 N–H and O–H groups in total. The van der Waals surface area contributed by atoms with Crippen LogP contribution in [0.2, 0.25) is 0 Å². The third kappa shape index (κ3) is 10.7. The van der Waals surface area contributed by atoms with E-state index in [0.29, 0.717) is 134 Å². The Labute approximate surface area is 334 Å². The highest BCUT2D eigenvalue weighted by atomic mass is 16.6. The summed E-state index contributed by atoms with van der Waals surface area (Å²) in [5, 5.41) is 35.2. The van der Waals surface area contributed by atoms with Gasteiger partial charge in [0.1, 0.15) is 42.0 Å². The Kier molecular flexibility index (Phi) is 14.3. The third-order valence-corrected chi connectivity index (χ3v) is 10.3. The fourth-order valence-electron chi connectivity index (χ4n) is 7.41. The largest absolute Gasteiger partial charge is 0.507 e. The van der Waals surface area contributed by atoms with E-state index >= 15 is 0 Å². The van der Waals surface area contributed by atoms with E-state index in [2.05, 4.69) is 0 Å². The average molecular weight is 777 g/mol.